The first kappa shape index (κ1) is 19.3. The quantitative estimate of drug-likeness (QED) is 0.829. The van der Waals surface area contributed by atoms with Gasteiger partial charge in [-0.25, -0.2) is 0 Å². The number of hydrogen-bond acceptors (Lipinski definition) is 6. The van der Waals surface area contributed by atoms with Crippen molar-refractivity contribution in [3.63, 3.8) is 0 Å². The van der Waals surface area contributed by atoms with Crippen LogP contribution in [-0.4, -0.2) is 29.3 Å². The minimum atomic E-state index is -0.550. The van der Waals surface area contributed by atoms with Crippen LogP contribution >= 0.6 is 23.7 Å². The molecule has 0 aliphatic carbocycles. The van der Waals surface area contributed by atoms with Crippen molar-refractivity contribution in [3.8, 4) is 5.75 Å². The highest BCUT2D eigenvalue weighted by atomic mass is 35.5. The number of carbonyl (C=O) groups excluding carboxylic acids is 1. The Morgan fingerprint density at radius 2 is 2.13 bits per heavy atom. The van der Waals surface area contributed by atoms with E-state index in [0.717, 1.165) is 16.3 Å². The molecule has 0 aliphatic heterocycles. The topological polar surface area (TPSA) is 90.1 Å². The Bertz CT molecular complexity index is 648. The number of amides is 1. The third-order valence-electron chi connectivity index (χ3n) is 3.21. The van der Waals surface area contributed by atoms with Gasteiger partial charge in [-0.15, -0.1) is 22.6 Å². The molecule has 3 N–H and O–H groups in total. The summed E-state index contributed by atoms with van der Waals surface area (Å²) in [5, 5.41) is 12.1. The molecule has 6 nitrogen and oxygen atoms in total. The summed E-state index contributed by atoms with van der Waals surface area (Å²) in [7, 11) is 1.63. The standard InChI is InChI=1S/C15H20N4O2S.ClH/c1-9(2)13(16)14(20)17-15-19-18-12(22-15)8-10-5-4-6-11(7-10)21-3;/h4-7,9,13H,8,16H2,1-3H3,(H,17,19,20);1H/t13-;/m0./s1. The molecule has 0 aliphatic rings. The van der Waals surface area contributed by atoms with E-state index in [4.69, 9.17) is 10.5 Å². The minimum Gasteiger partial charge on any atom is -0.497 e. The summed E-state index contributed by atoms with van der Waals surface area (Å²) in [5.74, 6) is 0.640. The second-order valence-corrected chi connectivity index (χ2v) is 6.35. The third-order valence-corrected chi connectivity index (χ3v) is 4.05. The van der Waals surface area contributed by atoms with Crippen LogP contribution in [0.25, 0.3) is 0 Å². The number of hydrogen-bond donors (Lipinski definition) is 2. The van der Waals surface area contributed by atoms with E-state index in [2.05, 4.69) is 15.5 Å². The maximum Gasteiger partial charge on any atom is 0.243 e. The number of nitrogens with zero attached hydrogens (tertiary/aromatic N) is 2. The molecule has 1 aromatic carbocycles. The zero-order valence-corrected chi connectivity index (χ0v) is 14.9. The molecule has 2 rings (SSSR count). The van der Waals surface area contributed by atoms with Gasteiger partial charge in [0, 0.05) is 6.42 Å². The van der Waals surface area contributed by atoms with Gasteiger partial charge in [0.2, 0.25) is 11.0 Å². The van der Waals surface area contributed by atoms with Crippen molar-refractivity contribution < 1.29 is 9.53 Å². The Hall–Kier alpha value is -1.70. The highest BCUT2D eigenvalue weighted by molar-refractivity contribution is 7.15. The maximum absolute atomic E-state index is 11.9. The first-order chi connectivity index (χ1) is 10.5. The van der Waals surface area contributed by atoms with Crippen molar-refractivity contribution in [3.05, 3.63) is 34.8 Å². The van der Waals surface area contributed by atoms with Crippen LogP contribution in [0.4, 0.5) is 5.13 Å². The van der Waals surface area contributed by atoms with Crippen LogP contribution in [0.3, 0.4) is 0 Å². The van der Waals surface area contributed by atoms with Gasteiger partial charge in [-0.2, -0.15) is 0 Å². The molecule has 0 unspecified atom stereocenters. The number of nitrogens with two attached hydrogens (primary N) is 1. The number of anilines is 1. The number of carbonyl (C=O) groups is 1. The molecule has 0 spiro atoms. The molecule has 126 valence electrons. The normalized spacial score (nSPS) is 11.7. The van der Waals surface area contributed by atoms with Crippen molar-refractivity contribution >= 4 is 34.8 Å². The fraction of sp³-hybridized carbons (Fsp3) is 0.400. The molecule has 1 heterocycles. The van der Waals surface area contributed by atoms with E-state index in [1.807, 2.05) is 38.1 Å². The molecule has 0 saturated heterocycles. The molecule has 0 saturated carbocycles. The number of rotatable bonds is 6. The van der Waals surface area contributed by atoms with E-state index in [-0.39, 0.29) is 24.2 Å². The van der Waals surface area contributed by atoms with Crippen LogP contribution in [0.1, 0.15) is 24.4 Å². The first-order valence-electron chi connectivity index (χ1n) is 7.01. The van der Waals surface area contributed by atoms with Gasteiger partial charge >= 0.3 is 0 Å². The Morgan fingerprint density at radius 3 is 2.78 bits per heavy atom. The largest absolute Gasteiger partial charge is 0.497 e. The third kappa shape index (κ3) is 5.46. The van der Waals surface area contributed by atoms with E-state index in [0.29, 0.717) is 11.6 Å². The zero-order chi connectivity index (χ0) is 16.1. The average molecular weight is 357 g/mol. The highest BCUT2D eigenvalue weighted by Gasteiger charge is 2.18. The average Bonchev–Trinajstić information content (AvgIpc) is 2.93. The Labute approximate surface area is 145 Å². The summed E-state index contributed by atoms with van der Waals surface area (Å²) >= 11 is 1.35. The summed E-state index contributed by atoms with van der Waals surface area (Å²) in [5.41, 5.74) is 6.88. The second kappa shape index (κ2) is 8.81. The van der Waals surface area contributed by atoms with Crippen LogP contribution in [-0.2, 0) is 11.2 Å². The molecular formula is C15H21ClN4O2S. The maximum atomic E-state index is 11.9. The Kier molecular flexibility index (Phi) is 7.41. The van der Waals surface area contributed by atoms with Gasteiger partial charge in [0.05, 0.1) is 13.2 Å². The molecule has 1 atom stereocenters. The van der Waals surface area contributed by atoms with Gasteiger partial charge in [0.15, 0.2) is 0 Å². The van der Waals surface area contributed by atoms with Gasteiger partial charge < -0.3 is 10.5 Å². The Balaban J connectivity index is 0.00000264. The molecule has 1 amide bonds. The van der Waals surface area contributed by atoms with Crippen LogP contribution < -0.4 is 15.8 Å². The predicted octanol–water partition coefficient (Wildman–Crippen LogP) is 2.48. The highest BCUT2D eigenvalue weighted by Crippen LogP contribution is 2.21. The van der Waals surface area contributed by atoms with E-state index < -0.39 is 6.04 Å². The Morgan fingerprint density at radius 1 is 1.39 bits per heavy atom. The van der Waals surface area contributed by atoms with Crippen LogP contribution in [0.2, 0.25) is 0 Å². The van der Waals surface area contributed by atoms with Gasteiger partial charge in [-0.3, -0.25) is 10.1 Å². The fourth-order valence-corrected chi connectivity index (χ4v) is 2.60. The number of methoxy groups -OCH3 is 1. The lowest BCUT2D eigenvalue weighted by atomic mass is 10.1. The monoisotopic (exact) mass is 356 g/mol. The van der Waals surface area contributed by atoms with Crippen LogP contribution in [0.15, 0.2) is 24.3 Å². The number of ether oxygens (including phenoxy) is 1. The predicted molar refractivity (Wildman–Crippen MR) is 94.4 cm³/mol. The summed E-state index contributed by atoms with van der Waals surface area (Å²) in [6.45, 7) is 3.80. The smallest absolute Gasteiger partial charge is 0.243 e. The lowest BCUT2D eigenvalue weighted by molar-refractivity contribution is -0.118. The first-order valence-corrected chi connectivity index (χ1v) is 7.83. The SMILES string of the molecule is COc1cccc(Cc2nnc(NC(=O)[C@@H](N)C(C)C)s2)c1.Cl. The molecule has 0 fully saturated rings. The van der Waals surface area contributed by atoms with Crippen molar-refractivity contribution in [2.24, 2.45) is 11.7 Å². The lowest BCUT2D eigenvalue weighted by Gasteiger charge is -2.13. The molecule has 2 aromatic rings. The van der Waals surface area contributed by atoms with Gasteiger partial charge in [-0.05, 0) is 23.6 Å². The van der Waals surface area contributed by atoms with E-state index in [1.165, 1.54) is 11.3 Å². The van der Waals surface area contributed by atoms with Crippen LogP contribution in [0.5, 0.6) is 5.75 Å². The minimum absolute atomic E-state index is 0. The number of nitrogens with one attached hydrogen (secondary N) is 1. The van der Waals surface area contributed by atoms with Gasteiger partial charge in [-0.1, -0.05) is 37.3 Å². The summed E-state index contributed by atoms with van der Waals surface area (Å²) < 4.78 is 5.20. The van der Waals surface area contributed by atoms with E-state index in [9.17, 15) is 4.79 Å². The lowest BCUT2D eigenvalue weighted by Crippen LogP contribution is -2.39. The van der Waals surface area contributed by atoms with Crippen molar-refractivity contribution in [1.82, 2.24) is 10.2 Å². The zero-order valence-electron chi connectivity index (χ0n) is 13.3. The molecule has 23 heavy (non-hydrogen) atoms. The molecule has 0 radical (unpaired) electrons. The second-order valence-electron chi connectivity index (χ2n) is 5.29. The van der Waals surface area contributed by atoms with E-state index in [1.54, 1.807) is 7.11 Å². The van der Waals surface area contributed by atoms with E-state index >= 15 is 0 Å². The molecule has 0 bridgehead atoms. The van der Waals surface area contributed by atoms with Gasteiger partial charge in [0.25, 0.3) is 0 Å². The van der Waals surface area contributed by atoms with Crippen molar-refractivity contribution in [1.29, 1.82) is 0 Å². The molecule has 8 heteroatoms. The van der Waals surface area contributed by atoms with Crippen LogP contribution in [0, 0.1) is 5.92 Å². The fourth-order valence-electron chi connectivity index (χ4n) is 1.82. The number of aromatic nitrogens is 2. The summed E-state index contributed by atoms with van der Waals surface area (Å²) in [6.07, 6.45) is 0.640. The number of benzene rings is 1. The summed E-state index contributed by atoms with van der Waals surface area (Å²) in [6, 6.07) is 7.22. The van der Waals surface area contributed by atoms with Crippen molar-refractivity contribution in [2.45, 2.75) is 26.3 Å². The molecule has 1 aromatic heterocycles. The summed E-state index contributed by atoms with van der Waals surface area (Å²) in [4.78, 5) is 11.9. The van der Waals surface area contributed by atoms with Gasteiger partial charge in [0.1, 0.15) is 10.8 Å². The molecular weight excluding hydrogens is 336 g/mol. The van der Waals surface area contributed by atoms with Crippen molar-refractivity contribution in [2.75, 3.05) is 12.4 Å². The number of halogens is 1.